The highest BCUT2D eigenvalue weighted by Crippen LogP contribution is 2.38. The van der Waals surface area contributed by atoms with E-state index in [4.69, 9.17) is 4.74 Å². The van der Waals surface area contributed by atoms with E-state index in [0.29, 0.717) is 13.0 Å². The Hall–Kier alpha value is -2.20. The Morgan fingerprint density at radius 2 is 1.96 bits per heavy atom. The number of rotatable bonds is 7. The highest BCUT2D eigenvalue weighted by molar-refractivity contribution is 5.78. The summed E-state index contributed by atoms with van der Waals surface area (Å²) in [5, 5.41) is 0. The molecule has 1 aromatic carbocycles. The van der Waals surface area contributed by atoms with Gasteiger partial charge in [0.1, 0.15) is 12.1 Å². The van der Waals surface area contributed by atoms with E-state index >= 15 is 0 Å². The highest BCUT2D eigenvalue weighted by Gasteiger charge is 2.36. The van der Waals surface area contributed by atoms with Crippen molar-refractivity contribution in [2.45, 2.75) is 38.3 Å². The van der Waals surface area contributed by atoms with Crippen molar-refractivity contribution < 1.29 is 9.53 Å². The van der Waals surface area contributed by atoms with E-state index in [9.17, 15) is 4.79 Å². The quantitative estimate of drug-likeness (QED) is 0.775. The molecule has 1 aromatic heterocycles. The van der Waals surface area contributed by atoms with Crippen LogP contribution in [0.25, 0.3) is 0 Å². The van der Waals surface area contributed by atoms with Gasteiger partial charge in [-0.05, 0) is 30.5 Å². The maximum absolute atomic E-state index is 12.4. The van der Waals surface area contributed by atoms with Gasteiger partial charge in [-0.3, -0.25) is 9.78 Å². The highest BCUT2D eigenvalue weighted by atomic mass is 16.5. The van der Waals surface area contributed by atoms with Gasteiger partial charge in [-0.25, -0.2) is 0 Å². The fourth-order valence-electron chi connectivity index (χ4n) is 3.25. The maximum Gasteiger partial charge on any atom is 0.223 e. The number of aromatic nitrogens is 1. The molecule has 0 saturated carbocycles. The largest absolute Gasteiger partial charge is 0.371 e. The molecule has 2 atom stereocenters. The molecule has 1 aliphatic rings. The molecule has 0 unspecified atom stereocenters. The average molecular weight is 324 g/mol. The van der Waals surface area contributed by atoms with Gasteiger partial charge in [0.05, 0.1) is 5.69 Å². The third-order valence-electron chi connectivity index (χ3n) is 4.35. The molecule has 0 bridgehead atoms. The third-order valence-corrected chi connectivity index (χ3v) is 4.35. The summed E-state index contributed by atoms with van der Waals surface area (Å²) in [5.74, 6) is 0.187. The van der Waals surface area contributed by atoms with Crippen LogP contribution in [0.2, 0.25) is 0 Å². The van der Waals surface area contributed by atoms with Gasteiger partial charge in [0.2, 0.25) is 5.91 Å². The van der Waals surface area contributed by atoms with Gasteiger partial charge in [-0.15, -0.1) is 0 Å². The van der Waals surface area contributed by atoms with Gasteiger partial charge in [-0.1, -0.05) is 43.3 Å². The van der Waals surface area contributed by atoms with Crippen LogP contribution in [0.15, 0.2) is 54.7 Å². The molecule has 2 heterocycles. The summed E-state index contributed by atoms with van der Waals surface area (Å²) in [6.45, 7) is 3.52. The first-order valence-electron chi connectivity index (χ1n) is 8.68. The van der Waals surface area contributed by atoms with Crippen LogP contribution in [-0.4, -0.2) is 28.9 Å². The summed E-state index contributed by atoms with van der Waals surface area (Å²) in [6, 6.07) is 15.8. The molecule has 1 saturated heterocycles. The predicted molar refractivity (Wildman–Crippen MR) is 93.4 cm³/mol. The van der Waals surface area contributed by atoms with Crippen LogP contribution < -0.4 is 0 Å². The Morgan fingerprint density at radius 3 is 2.58 bits per heavy atom. The number of carbonyl (C=O) groups excluding carboxylic acids is 1. The number of likely N-dealkylation sites (tertiary alicyclic amines) is 1. The van der Waals surface area contributed by atoms with Crippen LogP contribution in [0.5, 0.6) is 0 Å². The monoisotopic (exact) mass is 324 g/mol. The zero-order chi connectivity index (χ0) is 16.8. The van der Waals surface area contributed by atoms with E-state index in [1.54, 1.807) is 6.20 Å². The van der Waals surface area contributed by atoms with Crippen LogP contribution in [0.4, 0.5) is 0 Å². The minimum Gasteiger partial charge on any atom is -0.371 e. The van der Waals surface area contributed by atoms with Gasteiger partial charge in [0.15, 0.2) is 0 Å². The van der Waals surface area contributed by atoms with E-state index in [2.05, 4.69) is 24.0 Å². The molecule has 0 spiro atoms. The number of pyridine rings is 1. The molecule has 0 N–H and O–H groups in total. The van der Waals surface area contributed by atoms with Crippen LogP contribution in [-0.2, 0) is 9.53 Å². The van der Waals surface area contributed by atoms with Crippen LogP contribution >= 0.6 is 0 Å². The lowest BCUT2D eigenvalue weighted by atomic mass is 9.97. The molecule has 0 aliphatic carbocycles. The lowest BCUT2D eigenvalue weighted by Gasteiger charge is -2.34. The SMILES string of the molecule is CCCO[C@H](c1ccccc1)[C@H](c1ccccn1)N1CCCC1=O. The first-order valence-corrected chi connectivity index (χ1v) is 8.68. The number of amides is 1. The van der Waals surface area contributed by atoms with E-state index in [-0.39, 0.29) is 18.1 Å². The van der Waals surface area contributed by atoms with Gasteiger partial charge < -0.3 is 9.64 Å². The van der Waals surface area contributed by atoms with Crippen molar-refractivity contribution in [2.75, 3.05) is 13.2 Å². The van der Waals surface area contributed by atoms with E-state index in [0.717, 1.165) is 30.6 Å². The molecule has 3 rings (SSSR count). The lowest BCUT2D eigenvalue weighted by molar-refractivity contribution is -0.133. The molecule has 4 nitrogen and oxygen atoms in total. The number of hydrogen-bond acceptors (Lipinski definition) is 3. The average Bonchev–Trinajstić information content (AvgIpc) is 3.05. The van der Waals surface area contributed by atoms with Crippen molar-refractivity contribution in [3.05, 3.63) is 66.0 Å². The Labute approximate surface area is 143 Å². The van der Waals surface area contributed by atoms with Gasteiger partial charge in [0.25, 0.3) is 0 Å². The van der Waals surface area contributed by atoms with E-state index in [1.807, 2.05) is 41.3 Å². The topological polar surface area (TPSA) is 42.4 Å². The second-order valence-corrected chi connectivity index (χ2v) is 6.09. The van der Waals surface area contributed by atoms with Gasteiger partial charge in [0, 0.05) is 25.8 Å². The molecular formula is C20H24N2O2. The summed E-state index contributed by atoms with van der Waals surface area (Å²) in [5.41, 5.74) is 1.97. The maximum atomic E-state index is 12.4. The van der Waals surface area contributed by atoms with Crippen molar-refractivity contribution >= 4 is 5.91 Å². The second kappa shape index (κ2) is 8.06. The fraction of sp³-hybridized carbons (Fsp3) is 0.400. The number of ether oxygens (including phenoxy) is 1. The molecule has 0 radical (unpaired) electrons. The Bertz CT molecular complexity index is 645. The van der Waals surface area contributed by atoms with Gasteiger partial charge >= 0.3 is 0 Å². The van der Waals surface area contributed by atoms with E-state index in [1.165, 1.54) is 0 Å². The Balaban J connectivity index is 2.01. The minimum absolute atomic E-state index is 0.185. The molecule has 1 fully saturated rings. The van der Waals surface area contributed by atoms with Crippen molar-refractivity contribution in [3.8, 4) is 0 Å². The summed E-state index contributed by atoms with van der Waals surface area (Å²) < 4.78 is 6.22. The summed E-state index contributed by atoms with van der Waals surface area (Å²) in [6.07, 6.45) is 4.02. The molecule has 2 aromatic rings. The zero-order valence-corrected chi connectivity index (χ0v) is 14.1. The summed E-state index contributed by atoms with van der Waals surface area (Å²) in [4.78, 5) is 18.9. The lowest BCUT2D eigenvalue weighted by Crippen LogP contribution is -2.35. The zero-order valence-electron chi connectivity index (χ0n) is 14.1. The predicted octanol–water partition coefficient (Wildman–Crippen LogP) is 3.91. The fourth-order valence-corrected chi connectivity index (χ4v) is 3.25. The number of hydrogen-bond donors (Lipinski definition) is 0. The smallest absolute Gasteiger partial charge is 0.223 e. The first kappa shape index (κ1) is 16.7. The summed E-state index contributed by atoms with van der Waals surface area (Å²) >= 11 is 0. The molecule has 4 heteroatoms. The van der Waals surface area contributed by atoms with Crippen molar-refractivity contribution in [1.82, 2.24) is 9.88 Å². The standard InChI is InChI=1S/C20H24N2O2/c1-2-15-24-20(16-9-4-3-5-10-16)19(17-11-6-7-13-21-17)22-14-8-12-18(22)23/h3-7,9-11,13,19-20H,2,8,12,14-15H2,1H3/t19-,20+/m0/s1. The Kier molecular flexibility index (Phi) is 5.59. The van der Waals surface area contributed by atoms with Crippen LogP contribution in [0.1, 0.15) is 49.6 Å². The molecule has 1 aliphatic heterocycles. The number of carbonyl (C=O) groups is 1. The van der Waals surface area contributed by atoms with Crippen LogP contribution in [0.3, 0.4) is 0 Å². The number of nitrogens with zero attached hydrogens (tertiary/aromatic N) is 2. The normalized spacial score (nSPS) is 17.0. The molecule has 126 valence electrons. The third kappa shape index (κ3) is 3.65. The van der Waals surface area contributed by atoms with Crippen molar-refractivity contribution in [3.63, 3.8) is 0 Å². The van der Waals surface area contributed by atoms with Gasteiger partial charge in [-0.2, -0.15) is 0 Å². The molecule has 1 amide bonds. The molecular weight excluding hydrogens is 300 g/mol. The summed E-state index contributed by atoms with van der Waals surface area (Å²) in [7, 11) is 0. The molecule has 24 heavy (non-hydrogen) atoms. The van der Waals surface area contributed by atoms with Crippen molar-refractivity contribution in [1.29, 1.82) is 0 Å². The Morgan fingerprint density at radius 1 is 1.17 bits per heavy atom. The minimum atomic E-state index is -0.205. The van der Waals surface area contributed by atoms with Crippen LogP contribution in [0, 0.1) is 0 Å². The van der Waals surface area contributed by atoms with Crippen molar-refractivity contribution in [2.24, 2.45) is 0 Å². The first-order chi connectivity index (χ1) is 11.8. The number of benzene rings is 1. The second-order valence-electron chi connectivity index (χ2n) is 6.09. The van der Waals surface area contributed by atoms with E-state index < -0.39 is 0 Å².